The zero-order valence-corrected chi connectivity index (χ0v) is 8.93. The average molecular weight is 218 g/mol. The molecule has 0 N–H and O–H groups in total. The van der Waals surface area contributed by atoms with Crippen LogP contribution in [0, 0.1) is 0 Å². The van der Waals surface area contributed by atoms with Gasteiger partial charge >= 0.3 is 5.97 Å². The normalized spacial score (nSPS) is 10.1. The second-order valence-electron chi connectivity index (χ2n) is 3.18. The number of ether oxygens (including phenoxy) is 2. The fourth-order valence-electron chi connectivity index (χ4n) is 1.38. The quantitative estimate of drug-likeness (QED) is 0.565. The highest BCUT2D eigenvalue weighted by Gasteiger charge is 2.09. The predicted octanol–water partition coefficient (Wildman–Crippen LogP) is 1.56. The Balaban J connectivity index is 2.58. The molecule has 0 saturated carbocycles. The molecule has 1 aromatic heterocycles. The van der Waals surface area contributed by atoms with Crippen molar-refractivity contribution in [2.45, 2.75) is 6.92 Å². The SMILES string of the molecule is COc1cc2ncncc2cc1OC(C)=O. The summed E-state index contributed by atoms with van der Waals surface area (Å²) in [5.74, 6) is 0.452. The second-order valence-corrected chi connectivity index (χ2v) is 3.18. The van der Waals surface area contributed by atoms with Gasteiger partial charge in [0, 0.05) is 24.6 Å². The highest BCUT2D eigenvalue weighted by molar-refractivity contribution is 5.83. The molecule has 0 radical (unpaired) electrons. The highest BCUT2D eigenvalue weighted by atomic mass is 16.6. The van der Waals surface area contributed by atoms with E-state index in [-0.39, 0.29) is 0 Å². The number of esters is 1. The Morgan fingerprint density at radius 3 is 2.81 bits per heavy atom. The first kappa shape index (κ1) is 10.4. The number of fused-ring (bicyclic) bond motifs is 1. The lowest BCUT2D eigenvalue weighted by atomic mass is 10.2. The van der Waals surface area contributed by atoms with Crippen LogP contribution in [0.15, 0.2) is 24.7 Å². The summed E-state index contributed by atoms with van der Waals surface area (Å²) < 4.78 is 10.1. The molecule has 0 aliphatic carbocycles. The van der Waals surface area contributed by atoms with Gasteiger partial charge in [0.1, 0.15) is 6.33 Å². The van der Waals surface area contributed by atoms with Crippen molar-refractivity contribution in [3.8, 4) is 11.5 Å². The number of benzene rings is 1. The topological polar surface area (TPSA) is 61.3 Å². The summed E-state index contributed by atoms with van der Waals surface area (Å²) in [6.45, 7) is 1.34. The van der Waals surface area contributed by atoms with E-state index in [2.05, 4.69) is 9.97 Å². The van der Waals surface area contributed by atoms with Crippen LogP contribution in [0.5, 0.6) is 11.5 Å². The van der Waals surface area contributed by atoms with Crippen molar-refractivity contribution in [3.63, 3.8) is 0 Å². The van der Waals surface area contributed by atoms with Crippen LogP contribution in [0.4, 0.5) is 0 Å². The van der Waals surface area contributed by atoms with Crippen LogP contribution in [-0.2, 0) is 4.79 Å². The summed E-state index contributed by atoms with van der Waals surface area (Å²) in [6, 6.07) is 3.38. The van der Waals surface area contributed by atoms with Crippen molar-refractivity contribution in [2.75, 3.05) is 7.11 Å². The van der Waals surface area contributed by atoms with Gasteiger partial charge in [-0.1, -0.05) is 0 Å². The number of hydrogen-bond donors (Lipinski definition) is 0. The standard InChI is InChI=1S/C11H10N2O3/c1-7(14)16-11-3-8-5-12-6-13-9(8)4-10(11)15-2/h3-6H,1-2H3. The van der Waals surface area contributed by atoms with Crippen molar-refractivity contribution in [3.05, 3.63) is 24.7 Å². The van der Waals surface area contributed by atoms with Gasteiger partial charge in [0.15, 0.2) is 11.5 Å². The van der Waals surface area contributed by atoms with E-state index in [1.54, 1.807) is 18.3 Å². The van der Waals surface area contributed by atoms with Gasteiger partial charge in [0.25, 0.3) is 0 Å². The van der Waals surface area contributed by atoms with Gasteiger partial charge in [0.2, 0.25) is 0 Å². The minimum atomic E-state index is -0.394. The molecule has 0 aliphatic rings. The number of hydrogen-bond acceptors (Lipinski definition) is 5. The zero-order valence-electron chi connectivity index (χ0n) is 8.93. The monoisotopic (exact) mass is 218 g/mol. The maximum Gasteiger partial charge on any atom is 0.308 e. The average Bonchev–Trinajstić information content (AvgIpc) is 2.27. The van der Waals surface area contributed by atoms with E-state index in [0.29, 0.717) is 11.5 Å². The third-order valence-electron chi connectivity index (χ3n) is 2.04. The summed E-state index contributed by atoms with van der Waals surface area (Å²) in [5.41, 5.74) is 0.739. The molecule has 0 saturated heterocycles. The lowest BCUT2D eigenvalue weighted by Crippen LogP contribution is -2.03. The molecule has 1 aromatic carbocycles. The first-order valence-electron chi connectivity index (χ1n) is 4.67. The molecular formula is C11H10N2O3. The molecule has 0 spiro atoms. The molecule has 2 rings (SSSR count). The van der Waals surface area contributed by atoms with Gasteiger partial charge in [-0.3, -0.25) is 4.79 Å². The second kappa shape index (κ2) is 4.14. The summed E-state index contributed by atoms with van der Waals surface area (Å²) >= 11 is 0. The molecule has 0 unspecified atom stereocenters. The Hall–Kier alpha value is -2.17. The van der Waals surface area contributed by atoms with E-state index in [9.17, 15) is 4.79 Å². The molecule has 0 atom stereocenters. The Labute approximate surface area is 92.0 Å². The Morgan fingerprint density at radius 1 is 1.31 bits per heavy atom. The van der Waals surface area contributed by atoms with Crippen LogP contribution < -0.4 is 9.47 Å². The maximum absolute atomic E-state index is 10.9. The summed E-state index contributed by atoms with van der Waals surface area (Å²) in [6.07, 6.45) is 3.10. The fourth-order valence-corrected chi connectivity index (χ4v) is 1.38. The van der Waals surface area contributed by atoms with Crippen LogP contribution >= 0.6 is 0 Å². The molecule has 5 nitrogen and oxygen atoms in total. The molecule has 0 fully saturated rings. The van der Waals surface area contributed by atoms with Gasteiger partial charge in [0.05, 0.1) is 12.6 Å². The zero-order chi connectivity index (χ0) is 11.5. The van der Waals surface area contributed by atoms with Crippen molar-refractivity contribution < 1.29 is 14.3 Å². The maximum atomic E-state index is 10.9. The molecule has 82 valence electrons. The molecular weight excluding hydrogens is 208 g/mol. The van der Waals surface area contributed by atoms with E-state index in [0.717, 1.165) is 10.9 Å². The smallest absolute Gasteiger partial charge is 0.308 e. The molecule has 5 heteroatoms. The van der Waals surface area contributed by atoms with Crippen molar-refractivity contribution in [1.82, 2.24) is 9.97 Å². The van der Waals surface area contributed by atoms with Gasteiger partial charge in [-0.15, -0.1) is 0 Å². The number of carbonyl (C=O) groups is 1. The summed E-state index contributed by atoms with van der Waals surface area (Å²) in [5, 5.41) is 0.791. The third kappa shape index (κ3) is 1.93. The number of nitrogens with zero attached hydrogens (tertiary/aromatic N) is 2. The molecule has 1 heterocycles. The number of carbonyl (C=O) groups excluding carboxylic acids is 1. The van der Waals surface area contributed by atoms with Crippen molar-refractivity contribution in [1.29, 1.82) is 0 Å². The lowest BCUT2D eigenvalue weighted by Gasteiger charge is -2.08. The van der Waals surface area contributed by atoms with E-state index < -0.39 is 5.97 Å². The van der Waals surface area contributed by atoms with Crippen LogP contribution in [0.1, 0.15) is 6.92 Å². The first-order chi connectivity index (χ1) is 7.70. The third-order valence-corrected chi connectivity index (χ3v) is 2.04. The summed E-state index contributed by atoms with van der Waals surface area (Å²) in [4.78, 5) is 18.9. The van der Waals surface area contributed by atoms with Gasteiger partial charge in [-0.2, -0.15) is 0 Å². The minimum absolute atomic E-state index is 0.373. The van der Waals surface area contributed by atoms with Gasteiger partial charge < -0.3 is 9.47 Å². The molecule has 0 aliphatic heterocycles. The molecule has 16 heavy (non-hydrogen) atoms. The van der Waals surface area contributed by atoms with Crippen LogP contribution in [0.3, 0.4) is 0 Å². The van der Waals surface area contributed by atoms with Crippen molar-refractivity contribution in [2.24, 2.45) is 0 Å². The first-order valence-corrected chi connectivity index (χ1v) is 4.67. The van der Waals surface area contributed by atoms with Crippen LogP contribution in [0.25, 0.3) is 10.9 Å². The molecule has 0 bridgehead atoms. The fraction of sp³-hybridized carbons (Fsp3) is 0.182. The summed E-state index contributed by atoms with van der Waals surface area (Å²) in [7, 11) is 1.51. The van der Waals surface area contributed by atoms with Crippen LogP contribution in [-0.4, -0.2) is 23.0 Å². The van der Waals surface area contributed by atoms with Gasteiger partial charge in [-0.25, -0.2) is 9.97 Å². The number of methoxy groups -OCH3 is 1. The van der Waals surface area contributed by atoms with E-state index in [1.807, 2.05) is 0 Å². The Kier molecular flexibility index (Phi) is 2.68. The van der Waals surface area contributed by atoms with Crippen LogP contribution in [0.2, 0.25) is 0 Å². The van der Waals surface area contributed by atoms with E-state index in [4.69, 9.17) is 9.47 Å². The largest absolute Gasteiger partial charge is 0.493 e. The predicted molar refractivity (Wildman–Crippen MR) is 57.4 cm³/mol. The Bertz CT molecular complexity index is 540. The lowest BCUT2D eigenvalue weighted by molar-refractivity contribution is -0.131. The minimum Gasteiger partial charge on any atom is -0.493 e. The van der Waals surface area contributed by atoms with E-state index >= 15 is 0 Å². The van der Waals surface area contributed by atoms with Gasteiger partial charge in [-0.05, 0) is 6.07 Å². The van der Waals surface area contributed by atoms with Crippen molar-refractivity contribution >= 4 is 16.9 Å². The molecule has 0 amide bonds. The molecule has 2 aromatic rings. The number of aromatic nitrogens is 2. The highest BCUT2D eigenvalue weighted by Crippen LogP contribution is 2.31. The number of rotatable bonds is 2. The van der Waals surface area contributed by atoms with E-state index in [1.165, 1.54) is 20.4 Å². The Morgan fingerprint density at radius 2 is 2.12 bits per heavy atom.